The van der Waals surface area contributed by atoms with Gasteiger partial charge in [-0.2, -0.15) is 0 Å². The van der Waals surface area contributed by atoms with Crippen LogP contribution in [0.2, 0.25) is 0 Å². The summed E-state index contributed by atoms with van der Waals surface area (Å²) in [5.41, 5.74) is 1.60. The number of hydrogen-bond acceptors (Lipinski definition) is 6. The van der Waals surface area contributed by atoms with Gasteiger partial charge in [0, 0.05) is 0 Å². The number of carbonyl (C=O) groups excluding carboxylic acids is 2. The van der Waals surface area contributed by atoms with Crippen LogP contribution in [0.3, 0.4) is 0 Å². The maximum absolute atomic E-state index is 12.8. The molecule has 27 heavy (non-hydrogen) atoms. The van der Waals surface area contributed by atoms with E-state index >= 15 is 0 Å². The summed E-state index contributed by atoms with van der Waals surface area (Å²) in [6.07, 6.45) is 1.89. The van der Waals surface area contributed by atoms with Gasteiger partial charge in [-0.25, -0.2) is 9.48 Å². The molecule has 1 amide bonds. The summed E-state index contributed by atoms with van der Waals surface area (Å²) in [6, 6.07) is 8.37. The molecule has 0 spiro atoms. The van der Waals surface area contributed by atoms with Crippen molar-refractivity contribution in [2.75, 3.05) is 19.7 Å². The number of carbonyl (C=O) groups is 2. The van der Waals surface area contributed by atoms with Crippen molar-refractivity contribution in [1.82, 2.24) is 25.6 Å². The first-order valence-corrected chi connectivity index (χ1v) is 9.26. The first-order chi connectivity index (χ1) is 13.1. The van der Waals surface area contributed by atoms with Gasteiger partial charge >= 0.3 is 5.97 Å². The minimum Gasteiger partial charge on any atom is -0.464 e. The molecule has 1 fully saturated rings. The summed E-state index contributed by atoms with van der Waals surface area (Å²) < 4.78 is 6.94. The van der Waals surface area contributed by atoms with Gasteiger partial charge in [-0.15, -0.1) is 5.10 Å². The largest absolute Gasteiger partial charge is 0.464 e. The minimum atomic E-state index is -0.887. The standard InChI is InChI=1S/C19H25N5O3/c1-3-27-19(26)17(14-7-5-4-6-8-14)21-18(25)16-13(2)24(23-22-16)15-9-11-20-12-10-15/h4-8,15,17,20H,3,9-12H2,1-2H3,(H,21,25)/t17-/m1/s1. The molecule has 0 unspecified atom stereocenters. The van der Waals surface area contributed by atoms with E-state index in [4.69, 9.17) is 4.74 Å². The molecule has 144 valence electrons. The van der Waals surface area contributed by atoms with Crippen molar-refractivity contribution in [3.05, 3.63) is 47.3 Å². The monoisotopic (exact) mass is 371 g/mol. The number of rotatable bonds is 6. The van der Waals surface area contributed by atoms with Gasteiger partial charge in [0.15, 0.2) is 11.7 Å². The highest BCUT2D eigenvalue weighted by atomic mass is 16.5. The molecule has 8 heteroatoms. The van der Waals surface area contributed by atoms with Crippen molar-refractivity contribution in [3.8, 4) is 0 Å². The lowest BCUT2D eigenvalue weighted by atomic mass is 10.1. The van der Waals surface area contributed by atoms with E-state index in [1.54, 1.807) is 19.1 Å². The fourth-order valence-electron chi connectivity index (χ4n) is 3.30. The van der Waals surface area contributed by atoms with Crippen molar-refractivity contribution >= 4 is 11.9 Å². The van der Waals surface area contributed by atoms with Crippen molar-refractivity contribution < 1.29 is 14.3 Å². The van der Waals surface area contributed by atoms with Crippen LogP contribution in [0.1, 0.15) is 53.6 Å². The summed E-state index contributed by atoms with van der Waals surface area (Å²) in [6.45, 7) is 5.65. The summed E-state index contributed by atoms with van der Waals surface area (Å²) >= 11 is 0. The second-order valence-corrected chi connectivity index (χ2v) is 6.52. The second-order valence-electron chi connectivity index (χ2n) is 6.52. The molecule has 8 nitrogen and oxygen atoms in total. The highest BCUT2D eigenvalue weighted by Crippen LogP contribution is 2.21. The van der Waals surface area contributed by atoms with E-state index in [0.29, 0.717) is 11.3 Å². The van der Waals surface area contributed by atoms with Gasteiger partial charge in [-0.1, -0.05) is 35.5 Å². The van der Waals surface area contributed by atoms with E-state index in [1.165, 1.54) is 0 Å². The average molecular weight is 371 g/mol. The molecule has 1 saturated heterocycles. The molecule has 2 heterocycles. The maximum Gasteiger partial charge on any atom is 0.333 e. The third kappa shape index (κ3) is 4.33. The molecule has 1 aromatic heterocycles. The number of aromatic nitrogens is 3. The summed E-state index contributed by atoms with van der Waals surface area (Å²) in [7, 11) is 0. The average Bonchev–Trinajstić information content (AvgIpc) is 3.09. The molecule has 2 N–H and O–H groups in total. The van der Waals surface area contributed by atoms with Crippen molar-refractivity contribution in [3.63, 3.8) is 0 Å². The van der Waals surface area contributed by atoms with Crippen LogP contribution in [0.15, 0.2) is 30.3 Å². The normalized spacial score (nSPS) is 15.9. The molecule has 1 aromatic carbocycles. The lowest BCUT2D eigenvalue weighted by Gasteiger charge is -2.23. The number of nitrogens with one attached hydrogen (secondary N) is 2. The molecular formula is C19H25N5O3. The maximum atomic E-state index is 12.8. The smallest absolute Gasteiger partial charge is 0.333 e. The predicted molar refractivity (Wildman–Crippen MR) is 99.2 cm³/mol. The van der Waals surface area contributed by atoms with Gasteiger partial charge in [0.1, 0.15) is 0 Å². The van der Waals surface area contributed by atoms with Crippen LogP contribution in [-0.4, -0.2) is 46.6 Å². The van der Waals surface area contributed by atoms with Gasteiger partial charge in [0.2, 0.25) is 0 Å². The number of amides is 1. The SMILES string of the molecule is CCOC(=O)[C@H](NC(=O)c1nnn(C2CCNCC2)c1C)c1ccccc1. The Bertz CT molecular complexity index is 784. The molecule has 1 aliphatic rings. The van der Waals surface area contributed by atoms with Crippen LogP contribution < -0.4 is 10.6 Å². The number of esters is 1. The Kier molecular flexibility index (Phi) is 6.18. The van der Waals surface area contributed by atoms with Gasteiger partial charge in [-0.05, 0) is 45.3 Å². The van der Waals surface area contributed by atoms with Gasteiger partial charge < -0.3 is 15.4 Å². The Balaban J connectivity index is 1.79. The first-order valence-electron chi connectivity index (χ1n) is 9.26. The van der Waals surface area contributed by atoms with Crippen molar-refractivity contribution in [1.29, 1.82) is 0 Å². The van der Waals surface area contributed by atoms with Gasteiger partial charge in [0.05, 0.1) is 18.3 Å². The van der Waals surface area contributed by atoms with E-state index in [9.17, 15) is 9.59 Å². The third-order valence-corrected chi connectivity index (χ3v) is 4.73. The number of ether oxygens (including phenoxy) is 1. The van der Waals surface area contributed by atoms with E-state index in [1.807, 2.05) is 29.8 Å². The Labute approximate surface area is 158 Å². The lowest BCUT2D eigenvalue weighted by molar-refractivity contribution is -0.145. The van der Waals surface area contributed by atoms with E-state index in [-0.39, 0.29) is 18.3 Å². The molecule has 1 atom stereocenters. The number of benzene rings is 1. The van der Waals surface area contributed by atoms with Gasteiger partial charge in [0.25, 0.3) is 5.91 Å². The molecule has 3 rings (SSSR count). The second kappa shape index (κ2) is 8.77. The quantitative estimate of drug-likeness (QED) is 0.748. The number of hydrogen-bond donors (Lipinski definition) is 2. The molecule has 0 bridgehead atoms. The first kappa shape index (κ1) is 19.0. The number of piperidine rings is 1. The van der Waals surface area contributed by atoms with E-state index in [0.717, 1.165) is 25.9 Å². The Morgan fingerprint density at radius 1 is 1.30 bits per heavy atom. The Morgan fingerprint density at radius 2 is 2.00 bits per heavy atom. The van der Waals surface area contributed by atoms with Crippen LogP contribution >= 0.6 is 0 Å². The molecule has 2 aromatic rings. The van der Waals surface area contributed by atoms with E-state index < -0.39 is 17.9 Å². The Morgan fingerprint density at radius 3 is 2.67 bits per heavy atom. The fourth-order valence-corrected chi connectivity index (χ4v) is 3.30. The zero-order chi connectivity index (χ0) is 19.2. The molecule has 0 radical (unpaired) electrons. The zero-order valence-electron chi connectivity index (χ0n) is 15.6. The van der Waals surface area contributed by atoms with Crippen molar-refractivity contribution in [2.24, 2.45) is 0 Å². The summed E-state index contributed by atoms with van der Waals surface area (Å²) in [4.78, 5) is 25.2. The molecular weight excluding hydrogens is 346 g/mol. The highest BCUT2D eigenvalue weighted by Gasteiger charge is 2.28. The molecule has 1 aliphatic heterocycles. The zero-order valence-corrected chi connectivity index (χ0v) is 15.6. The van der Waals surface area contributed by atoms with Crippen LogP contribution in [0.25, 0.3) is 0 Å². The minimum absolute atomic E-state index is 0.232. The Hall–Kier alpha value is -2.74. The van der Waals surface area contributed by atoms with Crippen LogP contribution in [0, 0.1) is 6.92 Å². The van der Waals surface area contributed by atoms with E-state index in [2.05, 4.69) is 20.9 Å². The van der Waals surface area contributed by atoms with Crippen LogP contribution in [0.4, 0.5) is 0 Å². The number of nitrogens with zero attached hydrogens (tertiary/aromatic N) is 3. The predicted octanol–water partition coefficient (Wildman–Crippen LogP) is 1.55. The summed E-state index contributed by atoms with van der Waals surface area (Å²) in [5, 5.41) is 14.3. The van der Waals surface area contributed by atoms with Gasteiger partial charge in [-0.3, -0.25) is 4.79 Å². The van der Waals surface area contributed by atoms with Crippen molar-refractivity contribution in [2.45, 2.75) is 38.8 Å². The lowest BCUT2D eigenvalue weighted by Crippen LogP contribution is -2.35. The summed E-state index contributed by atoms with van der Waals surface area (Å²) in [5.74, 6) is -0.935. The molecule has 0 saturated carbocycles. The van der Waals surface area contributed by atoms with Crippen LogP contribution in [-0.2, 0) is 9.53 Å². The van der Waals surface area contributed by atoms with Crippen LogP contribution in [0.5, 0.6) is 0 Å². The highest BCUT2D eigenvalue weighted by molar-refractivity contribution is 5.96. The fraction of sp³-hybridized carbons (Fsp3) is 0.474. The third-order valence-electron chi connectivity index (χ3n) is 4.73. The molecule has 0 aliphatic carbocycles. The topological polar surface area (TPSA) is 98.1 Å².